The third-order valence-electron chi connectivity index (χ3n) is 6.13. The Balaban J connectivity index is 1.52. The van der Waals surface area contributed by atoms with Crippen LogP contribution in [0.1, 0.15) is 30.7 Å². The van der Waals surface area contributed by atoms with Gasteiger partial charge in [0.1, 0.15) is 5.82 Å². The Kier molecular flexibility index (Phi) is 5.22. The number of aromatic amines is 1. The number of nitrogens with one attached hydrogen (secondary N) is 2. The zero-order valence-corrected chi connectivity index (χ0v) is 15.9. The van der Waals surface area contributed by atoms with Crippen LogP contribution in [-0.2, 0) is 17.9 Å². The molecule has 2 fully saturated rings. The number of H-pyrrole nitrogens is 1. The fourth-order valence-corrected chi connectivity index (χ4v) is 4.63. The predicted octanol–water partition coefficient (Wildman–Crippen LogP) is 1.41. The lowest BCUT2D eigenvalue weighted by Gasteiger charge is -2.53. The van der Waals surface area contributed by atoms with Crippen molar-refractivity contribution < 1.29 is 4.79 Å². The van der Waals surface area contributed by atoms with Crippen LogP contribution in [0.15, 0.2) is 36.9 Å². The molecule has 2 N–H and O–H groups in total. The molecule has 0 aromatic carbocycles. The molecule has 7 nitrogen and oxygen atoms in total. The molecule has 2 saturated heterocycles. The summed E-state index contributed by atoms with van der Waals surface area (Å²) in [5.41, 5.74) is 0.771. The fraction of sp³-hybridized carbons (Fsp3) is 0.550. The van der Waals surface area contributed by atoms with Gasteiger partial charge in [0.2, 0.25) is 5.91 Å². The second kappa shape index (κ2) is 7.78. The maximum absolute atomic E-state index is 13.4. The number of piperidine rings is 2. The summed E-state index contributed by atoms with van der Waals surface area (Å²) < 4.78 is 0. The van der Waals surface area contributed by atoms with Crippen LogP contribution in [-0.4, -0.2) is 63.4 Å². The number of rotatable bonds is 5. The molecule has 2 atom stereocenters. The van der Waals surface area contributed by atoms with Gasteiger partial charge in [-0.05, 0) is 57.1 Å². The number of imidazole rings is 1. The van der Waals surface area contributed by atoms with Gasteiger partial charge in [0.05, 0.1) is 12.0 Å². The van der Waals surface area contributed by atoms with E-state index in [0.717, 1.165) is 56.8 Å². The molecule has 2 aromatic rings. The van der Waals surface area contributed by atoms with Gasteiger partial charge in [-0.25, -0.2) is 4.98 Å². The number of fused-ring (bicyclic) bond motifs is 1. The van der Waals surface area contributed by atoms with E-state index in [9.17, 15) is 4.79 Å². The van der Waals surface area contributed by atoms with Crippen LogP contribution >= 0.6 is 0 Å². The SMILES string of the molecule is CN1CC[C@]2(C(=O)NCc3ccncc3)CCCN(Cc3ncc[nH]3)[C@H]2C1. The Bertz CT molecular complexity index is 749. The molecule has 2 aromatic heterocycles. The zero-order valence-electron chi connectivity index (χ0n) is 15.9. The molecule has 4 rings (SSSR count). The Morgan fingerprint density at radius 3 is 2.93 bits per heavy atom. The van der Waals surface area contributed by atoms with E-state index in [2.05, 4.69) is 37.1 Å². The Hall–Kier alpha value is -2.25. The normalized spacial score (nSPS) is 26.5. The first kappa shape index (κ1) is 18.1. The second-order valence-electron chi connectivity index (χ2n) is 7.83. The minimum atomic E-state index is -0.315. The van der Waals surface area contributed by atoms with E-state index in [1.165, 1.54) is 0 Å². The summed E-state index contributed by atoms with van der Waals surface area (Å²) in [7, 11) is 2.15. The van der Waals surface area contributed by atoms with Crippen LogP contribution < -0.4 is 5.32 Å². The molecule has 0 bridgehead atoms. The first-order valence-electron chi connectivity index (χ1n) is 9.75. The van der Waals surface area contributed by atoms with Crippen LogP contribution in [0.25, 0.3) is 0 Å². The first-order chi connectivity index (χ1) is 13.2. The van der Waals surface area contributed by atoms with Gasteiger partial charge in [-0.3, -0.25) is 14.7 Å². The van der Waals surface area contributed by atoms with Gasteiger partial charge in [-0.2, -0.15) is 0 Å². The van der Waals surface area contributed by atoms with Gasteiger partial charge in [-0.15, -0.1) is 0 Å². The van der Waals surface area contributed by atoms with Gasteiger partial charge in [-0.1, -0.05) is 0 Å². The van der Waals surface area contributed by atoms with Crippen molar-refractivity contribution in [2.75, 3.05) is 26.7 Å². The van der Waals surface area contributed by atoms with Gasteiger partial charge in [0.15, 0.2) is 0 Å². The smallest absolute Gasteiger partial charge is 0.228 e. The van der Waals surface area contributed by atoms with Crippen molar-refractivity contribution in [3.05, 3.63) is 48.3 Å². The molecule has 0 radical (unpaired) electrons. The topological polar surface area (TPSA) is 77.2 Å². The molecule has 2 aliphatic heterocycles. The van der Waals surface area contributed by atoms with Crippen LogP contribution in [0.2, 0.25) is 0 Å². The first-order valence-corrected chi connectivity index (χ1v) is 9.75. The van der Waals surface area contributed by atoms with Gasteiger partial charge in [0.25, 0.3) is 0 Å². The number of aromatic nitrogens is 3. The van der Waals surface area contributed by atoms with Crippen molar-refractivity contribution >= 4 is 5.91 Å². The Morgan fingerprint density at radius 1 is 1.30 bits per heavy atom. The van der Waals surface area contributed by atoms with Crippen molar-refractivity contribution in [3.63, 3.8) is 0 Å². The van der Waals surface area contributed by atoms with Gasteiger partial charge < -0.3 is 15.2 Å². The van der Waals surface area contributed by atoms with Crippen molar-refractivity contribution in [1.82, 2.24) is 30.1 Å². The fourth-order valence-electron chi connectivity index (χ4n) is 4.63. The van der Waals surface area contributed by atoms with E-state index in [4.69, 9.17) is 0 Å². The lowest BCUT2D eigenvalue weighted by molar-refractivity contribution is -0.145. The molecule has 0 aliphatic carbocycles. The van der Waals surface area contributed by atoms with E-state index in [0.29, 0.717) is 6.54 Å². The van der Waals surface area contributed by atoms with Crippen LogP contribution in [0, 0.1) is 5.41 Å². The summed E-state index contributed by atoms with van der Waals surface area (Å²) in [6, 6.07) is 4.12. The van der Waals surface area contributed by atoms with Crippen molar-refractivity contribution in [3.8, 4) is 0 Å². The third kappa shape index (κ3) is 3.75. The molecule has 4 heterocycles. The monoisotopic (exact) mass is 368 g/mol. The van der Waals surface area contributed by atoms with E-state index in [1.54, 1.807) is 18.6 Å². The molecule has 2 aliphatic rings. The summed E-state index contributed by atoms with van der Waals surface area (Å²) in [6.07, 6.45) is 10.1. The standard InChI is InChI=1S/C20H28N6O/c1-25-12-6-20(19(27)24-13-16-3-7-21-8-4-16)5-2-11-26(17(20)14-25)15-18-22-9-10-23-18/h3-4,7-10,17H,2,5-6,11-15H2,1H3,(H,22,23)(H,24,27)/t17-,20+/m0/s1. The largest absolute Gasteiger partial charge is 0.351 e. The maximum atomic E-state index is 13.4. The summed E-state index contributed by atoms with van der Waals surface area (Å²) in [5.74, 6) is 1.16. The van der Waals surface area contributed by atoms with Crippen LogP contribution in [0.3, 0.4) is 0 Å². The predicted molar refractivity (Wildman–Crippen MR) is 103 cm³/mol. The summed E-state index contributed by atoms with van der Waals surface area (Å²) >= 11 is 0. The van der Waals surface area contributed by atoms with E-state index < -0.39 is 0 Å². The lowest BCUT2D eigenvalue weighted by atomic mass is 9.67. The highest BCUT2D eigenvalue weighted by Gasteiger charge is 2.52. The average Bonchev–Trinajstić information content (AvgIpc) is 3.20. The van der Waals surface area contributed by atoms with Crippen molar-refractivity contribution in [2.24, 2.45) is 5.41 Å². The number of amides is 1. The van der Waals surface area contributed by atoms with Gasteiger partial charge >= 0.3 is 0 Å². The number of carbonyl (C=O) groups is 1. The number of nitrogens with zero attached hydrogens (tertiary/aromatic N) is 4. The minimum absolute atomic E-state index is 0.196. The number of hydrogen-bond acceptors (Lipinski definition) is 5. The van der Waals surface area contributed by atoms with Gasteiger partial charge in [0, 0.05) is 43.9 Å². The number of pyridine rings is 1. The lowest BCUT2D eigenvalue weighted by Crippen LogP contribution is -2.65. The number of carbonyl (C=O) groups excluding carboxylic acids is 1. The molecular formula is C20H28N6O. The highest BCUT2D eigenvalue weighted by Crippen LogP contribution is 2.43. The molecule has 27 heavy (non-hydrogen) atoms. The zero-order chi connectivity index (χ0) is 18.7. The van der Waals surface area contributed by atoms with Crippen molar-refractivity contribution in [1.29, 1.82) is 0 Å². The Labute approximate surface area is 160 Å². The number of likely N-dealkylation sites (tertiary alicyclic amines) is 2. The van der Waals surface area contributed by atoms with Crippen LogP contribution in [0.4, 0.5) is 0 Å². The molecule has 0 unspecified atom stereocenters. The quantitative estimate of drug-likeness (QED) is 0.834. The van der Waals surface area contributed by atoms with E-state index in [-0.39, 0.29) is 17.4 Å². The summed E-state index contributed by atoms with van der Waals surface area (Å²) in [6.45, 7) is 4.23. The molecule has 0 saturated carbocycles. The second-order valence-corrected chi connectivity index (χ2v) is 7.83. The van der Waals surface area contributed by atoms with Crippen molar-refractivity contribution in [2.45, 2.75) is 38.4 Å². The number of hydrogen-bond donors (Lipinski definition) is 2. The number of likely N-dealkylation sites (N-methyl/N-ethyl adjacent to an activating group) is 1. The highest BCUT2D eigenvalue weighted by atomic mass is 16.2. The molecule has 0 spiro atoms. The minimum Gasteiger partial charge on any atom is -0.351 e. The molecule has 1 amide bonds. The highest BCUT2D eigenvalue weighted by molar-refractivity contribution is 5.84. The summed E-state index contributed by atoms with van der Waals surface area (Å²) in [4.78, 5) is 29.8. The molecular weight excluding hydrogens is 340 g/mol. The molecule has 144 valence electrons. The molecule has 7 heteroatoms. The Morgan fingerprint density at radius 2 is 2.15 bits per heavy atom. The average molecular weight is 368 g/mol. The van der Waals surface area contributed by atoms with Crippen LogP contribution in [0.5, 0.6) is 0 Å². The van der Waals surface area contributed by atoms with E-state index >= 15 is 0 Å². The van der Waals surface area contributed by atoms with E-state index in [1.807, 2.05) is 18.3 Å². The third-order valence-corrected chi connectivity index (χ3v) is 6.13. The summed E-state index contributed by atoms with van der Waals surface area (Å²) in [5, 5.41) is 3.22. The maximum Gasteiger partial charge on any atom is 0.228 e.